The van der Waals surface area contributed by atoms with Crippen molar-refractivity contribution in [3.63, 3.8) is 0 Å². The molecule has 30 heavy (non-hydrogen) atoms. The van der Waals surface area contributed by atoms with Crippen LogP contribution >= 0.6 is 0 Å². The summed E-state index contributed by atoms with van der Waals surface area (Å²) in [6, 6.07) is 10.7. The number of ether oxygens (including phenoxy) is 1. The number of methoxy groups -OCH3 is 1. The normalized spacial score (nSPS) is 14.3. The Hall–Kier alpha value is -3.17. The topological polar surface area (TPSA) is 104 Å². The van der Waals surface area contributed by atoms with Crippen LogP contribution in [0.4, 0.5) is 10.5 Å². The number of carbonyl (C=O) groups is 2. The largest absolute Gasteiger partial charge is 0.497 e. The van der Waals surface area contributed by atoms with Crippen molar-refractivity contribution in [2.75, 3.05) is 44.7 Å². The maximum absolute atomic E-state index is 13.4. The molecule has 9 heteroatoms. The van der Waals surface area contributed by atoms with Crippen LogP contribution in [-0.4, -0.2) is 66.6 Å². The number of pyridine rings is 1. The number of hydrazine groups is 1. The number of nitrogen functional groups attached to an aromatic ring is 1. The SMILES string of the molecule is CCN1CCN(C(=O)N(Cc2ccc(C(=O)NN)cn2)c2ccc(OC)cc2)CC1. The van der Waals surface area contributed by atoms with Crippen molar-refractivity contribution < 1.29 is 14.3 Å². The minimum Gasteiger partial charge on any atom is -0.497 e. The van der Waals surface area contributed by atoms with Gasteiger partial charge in [0.05, 0.1) is 24.9 Å². The third-order valence-electron chi connectivity index (χ3n) is 5.24. The Bertz CT molecular complexity index is 848. The van der Waals surface area contributed by atoms with Gasteiger partial charge in [-0.05, 0) is 42.9 Å². The van der Waals surface area contributed by atoms with Crippen molar-refractivity contribution in [1.82, 2.24) is 20.2 Å². The number of likely N-dealkylation sites (N-methyl/N-ethyl adjacent to an activating group) is 1. The van der Waals surface area contributed by atoms with Crippen LogP contribution < -0.4 is 20.9 Å². The average molecular weight is 412 g/mol. The highest BCUT2D eigenvalue weighted by atomic mass is 16.5. The molecule has 160 valence electrons. The van der Waals surface area contributed by atoms with E-state index in [9.17, 15) is 9.59 Å². The number of hydrogen-bond acceptors (Lipinski definition) is 6. The van der Waals surface area contributed by atoms with Crippen LogP contribution in [0.1, 0.15) is 23.0 Å². The van der Waals surface area contributed by atoms with Gasteiger partial charge < -0.3 is 14.5 Å². The molecule has 1 aliphatic rings. The molecule has 3 rings (SSSR count). The van der Waals surface area contributed by atoms with Crippen molar-refractivity contribution in [3.8, 4) is 5.75 Å². The number of piperazine rings is 1. The lowest BCUT2D eigenvalue weighted by molar-refractivity contribution is 0.0953. The van der Waals surface area contributed by atoms with E-state index in [1.807, 2.05) is 29.2 Å². The summed E-state index contributed by atoms with van der Waals surface area (Å²) in [7, 11) is 1.61. The molecule has 3 N–H and O–H groups in total. The maximum Gasteiger partial charge on any atom is 0.324 e. The van der Waals surface area contributed by atoms with Gasteiger partial charge in [-0.1, -0.05) is 6.92 Å². The van der Waals surface area contributed by atoms with Gasteiger partial charge in [0, 0.05) is 38.1 Å². The number of urea groups is 1. The van der Waals surface area contributed by atoms with Crippen molar-refractivity contribution in [1.29, 1.82) is 0 Å². The Balaban J connectivity index is 1.81. The highest BCUT2D eigenvalue weighted by Gasteiger charge is 2.26. The average Bonchev–Trinajstić information content (AvgIpc) is 2.82. The van der Waals surface area contributed by atoms with Gasteiger partial charge in [-0.15, -0.1) is 0 Å². The highest BCUT2D eigenvalue weighted by Crippen LogP contribution is 2.23. The minimum absolute atomic E-state index is 0.0681. The Kier molecular flexibility index (Phi) is 7.21. The number of nitrogens with two attached hydrogens (primary N) is 1. The van der Waals surface area contributed by atoms with Crippen LogP contribution in [0, 0.1) is 0 Å². The second kappa shape index (κ2) is 10.0. The fourth-order valence-corrected chi connectivity index (χ4v) is 3.36. The molecular formula is C21H28N6O3. The molecular weight excluding hydrogens is 384 g/mol. The van der Waals surface area contributed by atoms with Gasteiger partial charge in [0.25, 0.3) is 5.91 Å². The molecule has 1 aromatic heterocycles. The molecule has 0 aliphatic carbocycles. The van der Waals surface area contributed by atoms with Crippen molar-refractivity contribution >= 4 is 17.6 Å². The molecule has 3 amide bonds. The molecule has 9 nitrogen and oxygen atoms in total. The summed E-state index contributed by atoms with van der Waals surface area (Å²) < 4.78 is 5.23. The second-order valence-corrected chi connectivity index (χ2v) is 7.00. The summed E-state index contributed by atoms with van der Waals surface area (Å²) >= 11 is 0. The van der Waals surface area contributed by atoms with E-state index >= 15 is 0 Å². The van der Waals surface area contributed by atoms with Crippen LogP contribution in [0.25, 0.3) is 0 Å². The third-order valence-corrected chi connectivity index (χ3v) is 5.24. The Morgan fingerprint density at radius 1 is 1.13 bits per heavy atom. The predicted molar refractivity (Wildman–Crippen MR) is 114 cm³/mol. The van der Waals surface area contributed by atoms with Gasteiger partial charge >= 0.3 is 6.03 Å². The van der Waals surface area contributed by atoms with Crippen molar-refractivity contribution in [2.45, 2.75) is 13.5 Å². The van der Waals surface area contributed by atoms with Crippen LogP contribution in [-0.2, 0) is 6.54 Å². The van der Waals surface area contributed by atoms with E-state index in [4.69, 9.17) is 10.6 Å². The molecule has 1 aromatic carbocycles. The number of carbonyl (C=O) groups excluding carboxylic acids is 2. The summed E-state index contributed by atoms with van der Waals surface area (Å²) in [5.74, 6) is 5.47. The Labute approximate surface area is 176 Å². The predicted octanol–water partition coefficient (Wildman–Crippen LogP) is 1.46. The highest BCUT2D eigenvalue weighted by molar-refractivity contribution is 5.93. The van der Waals surface area contributed by atoms with Crippen LogP contribution in [0.3, 0.4) is 0 Å². The molecule has 0 saturated carbocycles. The molecule has 2 heterocycles. The number of nitrogens with one attached hydrogen (secondary N) is 1. The Morgan fingerprint density at radius 2 is 1.83 bits per heavy atom. The molecule has 1 fully saturated rings. The monoisotopic (exact) mass is 412 g/mol. The quantitative estimate of drug-likeness (QED) is 0.423. The number of amides is 3. The first kappa shape index (κ1) is 21.5. The Morgan fingerprint density at radius 3 is 2.37 bits per heavy atom. The van der Waals surface area contributed by atoms with Gasteiger partial charge in [0.2, 0.25) is 0 Å². The van der Waals surface area contributed by atoms with Crippen LogP contribution in [0.15, 0.2) is 42.6 Å². The molecule has 0 unspecified atom stereocenters. The number of nitrogens with zero attached hydrogens (tertiary/aromatic N) is 4. The zero-order valence-electron chi connectivity index (χ0n) is 17.4. The minimum atomic E-state index is -0.411. The molecule has 2 aromatic rings. The van der Waals surface area contributed by atoms with E-state index in [-0.39, 0.29) is 12.6 Å². The lowest BCUT2D eigenvalue weighted by Gasteiger charge is -2.37. The molecule has 0 bridgehead atoms. The first-order valence-electron chi connectivity index (χ1n) is 9.94. The first-order chi connectivity index (χ1) is 14.5. The summed E-state index contributed by atoms with van der Waals surface area (Å²) in [5.41, 5.74) is 3.86. The standard InChI is InChI=1S/C21H28N6O3/c1-3-25-10-12-26(13-11-25)21(29)27(18-6-8-19(30-2)9-7-18)15-17-5-4-16(14-23-17)20(28)24-22/h4-9,14H,3,10-13,15,22H2,1-2H3,(H,24,28). The van der Waals surface area contributed by atoms with Gasteiger partial charge in [0.1, 0.15) is 5.75 Å². The number of benzene rings is 1. The molecule has 0 atom stereocenters. The number of rotatable bonds is 6. The summed E-state index contributed by atoms with van der Waals surface area (Å²) in [5, 5.41) is 0. The van der Waals surface area contributed by atoms with E-state index in [0.717, 1.165) is 31.1 Å². The zero-order chi connectivity index (χ0) is 21.5. The number of hydrogen-bond donors (Lipinski definition) is 2. The molecule has 0 radical (unpaired) electrons. The molecule has 1 saturated heterocycles. The van der Waals surface area contributed by atoms with E-state index in [0.29, 0.717) is 24.3 Å². The van der Waals surface area contributed by atoms with Gasteiger partial charge in [-0.3, -0.25) is 20.1 Å². The molecule has 1 aliphatic heterocycles. The summed E-state index contributed by atoms with van der Waals surface area (Å²) in [4.78, 5) is 35.2. The van der Waals surface area contributed by atoms with E-state index in [1.165, 1.54) is 6.20 Å². The van der Waals surface area contributed by atoms with Crippen LogP contribution in [0.2, 0.25) is 0 Å². The third kappa shape index (κ3) is 5.05. The van der Waals surface area contributed by atoms with E-state index in [2.05, 4.69) is 22.2 Å². The fourth-order valence-electron chi connectivity index (χ4n) is 3.36. The smallest absolute Gasteiger partial charge is 0.324 e. The number of anilines is 1. The lowest BCUT2D eigenvalue weighted by atomic mass is 10.2. The van der Waals surface area contributed by atoms with Crippen molar-refractivity contribution in [2.24, 2.45) is 5.84 Å². The van der Waals surface area contributed by atoms with Crippen molar-refractivity contribution in [3.05, 3.63) is 53.9 Å². The maximum atomic E-state index is 13.4. The second-order valence-electron chi connectivity index (χ2n) is 7.00. The molecule has 0 spiro atoms. The summed E-state index contributed by atoms with van der Waals surface area (Å²) in [6.45, 7) is 6.48. The summed E-state index contributed by atoms with van der Waals surface area (Å²) in [6.07, 6.45) is 1.45. The fraction of sp³-hybridized carbons (Fsp3) is 0.381. The van der Waals surface area contributed by atoms with Crippen LogP contribution in [0.5, 0.6) is 5.75 Å². The van der Waals surface area contributed by atoms with E-state index in [1.54, 1.807) is 24.1 Å². The first-order valence-corrected chi connectivity index (χ1v) is 9.94. The lowest BCUT2D eigenvalue weighted by Crippen LogP contribution is -2.52. The van der Waals surface area contributed by atoms with Gasteiger partial charge in [0.15, 0.2) is 0 Å². The van der Waals surface area contributed by atoms with Gasteiger partial charge in [-0.25, -0.2) is 10.6 Å². The number of aromatic nitrogens is 1. The van der Waals surface area contributed by atoms with Gasteiger partial charge in [-0.2, -0.15) is 0 Å². The van der Waals surface area contributed by atoms with E-state index < -0.39 is 5.91 Å². The zero-order valence-corrected chi connectivity index (χ0v) is 17.4.